The van der Waals surface area contributed by atoms with Crippen molar-refractivity contribution in [1.82, 2.24) is 15.1 Å². The summed E-state index contributed by atoms with van der Waals surface area (Å²) < 4.78 is 3.19. The highest BCUT2D eigenvalue weighted by molar-refractivity contribution is 9.10. The van der Waals surface area contributed by atoms with Gasteiger partial charge in [-0.05, 0) is 41.2 Å². The van der Waals surface area contributed by atoms with E-state index in [2.05, 4.69) is 69.3 Å². The van der Waals surface area contributed by atoms with Crippen molar-refractivity contribution in [3.8, 4) is 0 Å². The minimum atomic E-state index is 0.159. The molecule has 2 rings (SSSR count). The predicted octanol–water partition coefficient (Wildman–Crippen LogP) is 4.10. The Balaban J connectivity index is 2.00. The van der Waals surface area contributed by atoms with E-state index >= 15 is 0 Å². The van der Waals surface area contributed by atoms with E-state index < -0.39 is 0 Å². The summed E-state index contributed by atoms with van der Waals surface area (Å²) >= 11 is 5.46. The molecular formula is C15H22BrN3S. The maximum atomic E-state index is 4.53. The Morgan fingerprint density at radius 3 is 2.80 bits per heavy atom. The van der Waals surface area contributed by atoms with Crippen LogP contribution in [0.3, 0.4) is 0 Å². The molecule has 2 aromatic heterocycles. The number of aryl methyl sites for hydroxylation is 2. The SMILES string of the molecule is CCn1nc(C)c(Br)c1CNCC(C)(C)c1cccs1. The molecule has 0 fully saturated rings. The third-order valence-electron chi connectivity index (χ3n) is 3.50. The van der Waals surface area contributed by atoms with Gasteiger partial charge >= 0.3 is 0 Å². The summed E-state index contributed by atoms with van der Waals surface area (Å²) in [5.41, 5.74) is 2.44. The Labute approximate surface area is 133 Å². The Morgan fingerprint density at radius 2 is 2.20 bits per heavy atom. The average Bonchev–Trinajstić information content (AvgIpc) is 3.02. The number of rotatable bonds is 6. The van der Waals surface area contributed by atoms with Crippen LogP contribution in [0.25, 0.3) is 0 Å². The lowest BCUT2D eigenvalue weighted by atomic mass is 9.91. The van der Waals surface area contributed by atoms with Crippen LogP contribution in [-0.4, -0.2) is 16.3 Å². The molecule has 1 N–H and O–H groups in total. The van der Waals surface area contributed by atoms with Gasteiger partial charge in [0.1, 0.15) is 0 Å². The van der Waals surface area contributed by atoms with Crippen molar-refractivity contribution in [2.24, 2.45) is 0 Å². The topological polar surface area (TPSA) is 29.9 Å². The molecule has 0 atom stereocenters. The zero-order valence-corrected chi connectivity index (χ0v) is 14.9. The van der Waals surface area contributed by atoms with Gasteiger partial charge in [0.05, 0.1) is 15.9 Å². The summed E-state index contributed by atoms with van der Waals surface area (Å²) in [5.74, 6) is 0. The fourth-order valence-electron chi connectivity index (χ4n) is 2.28. The molecule has 2 heterocycles. The predicted molar refractivity (Wildman–Crippen MR) is 89.4 cm³/mol. The van der Waals surface area contributed by atoms with E-state index in [1.807, 2.05) is 18.3 Å². The largest absolute Gasteiger partial charge is 0.310 e. The molecule has 0 spiro atoms. The van der Waals surface area contributed by atoms with Crippen LogP contribution in [0.1, 0.15) is 37.0 Å². The van der Waals surface area contributed by atoms with E-state index in [1.165, 1.54) is 10.6 Å². The molecule has 0 unspecified atom stereocenters. The summed E-state index contributed by atoms with van der Waals surface area (Å²) in [6.45, 7) is 11.4. The first kappa shape index (κ1) is 15.7. The van der Waals surface area contributed by atoms with E-state index in [4.69, 9.17) is 0 Å². The van der Waals surface area contributed by atoms with E-state index in [1.54, 1.807) is 0 Å². The highest BCUT2D eigenvalue weighted by Crippen LogP contribution is 2.27. The molecule has 110 valence electrons. The van der Waals surface area contributed by atoms with Crippen LogP contribution in [0.5, 0.6) is 0 Å². The molecule has 0 saturated carbocycles. The average molecular weight is 356 g/mol. The number of nitrogens with one attached hydrogen (secondary N) is 1. The summed E-state index contributed by atoms with van der Waals surface area (Å²) in [6.07, 6.45) is 0. The van der Waals surface area contributed by atoms with Crippen molar-refractivity contribution in [3.05, 3.63) is 38.3 Å². The van der Waals surface area contributed by atoms with E-state index in [0.29, 0.717) is 0 Å². The first-order valence-electron chi connectivity index (χ1n) is 6.92. The first-order valence-corrected chi connectivity index (χ1v) is 8.59. The van der Waals surface area contributed by atoms with Gasteiger partial charge in [-0.2, -0.15) is 5.10 Å². The second-order valence-corrected chi connectivity index (χ2v) is 7.37. The van der Waals surface area contributed by atoms with Crippen LogP contribution in [-0.2, 0) is 18.5 Å². The van der Waals surface area contributed by atoms with Gasteiger partial charge in [0, 0.05) is 29.9 Å². The Kier molecular flexibility index (Phi) is 5.04. The standard InChI is InChI=1S/C15H22BrN3S/c1-5-19-12(14(16)11(2)18-19)9-17-10-15(3,4)13-7-6-8-20-13/h6-8,17H,5,9-10H2,1-4H3. The van der Waals surface area contributed by atoms with Gasteiger partial charge in [-0.3, -0.25) is 4.68 Å². The first-order chi connectivity index (χ1) is 9.45. The Hall–Kier alpha value is -0.650. The third kappa shape index (κ3) is 3.32. The molecule has 0 amide bonds. The van der Waals surface area contributed by atoms with Crippen LogP contribution >= 0.6 is 27.3 Å². The van der Waals surface area contributed by atoms with Gasteiger partial charge in [0.25, 0.3) is 0 Å². The lowest BCUT2D eigenvalue weighted by molar-refractivity contribution is 0.465. The maximum absolute atomic E-state index is 4.53. The highest BCUT2D eigenvalue weighted by Gasteiger charge is 2.21. The molecule has 0 aliphatic heterocycles. The van der Waals surface area contributed by atoms with Gasteiger partial charge in [0.2, 0.25) is 0 Å². The van der Waals surface area contributed by atoms with Crippen LogP contribution in [0.4, 0.5) is 0 Å². The number of nitrogens with zero attached hydrogens (tertiary/aromatic N) is 2. The van der Waals surface area contributed by atoms with E-state index in [0.717, 1.165) is 29.8 Å². The van der Waals surface area contributed by atoms with Crippen molar-refractivity contribution in [2.45, 2.75) is 46.2 Å². The quantitative estimate of drug-likeness (QED) is 0.844. The zero-order chi connectivity index (χ0) is 14.8. The minimum absolute atomic E-state index is 0.159. The van der Waals surface area contributed by atoms with Crippen LogP contribution in [0.15, 0.2) is 22.0 Å². The highest BCUT2D eigenvalue weighted by atomic mass is 79.9. The molecule has 0 saturated heterocycles. The smallest absolute Gasteiger partial charge is 0.0739 e. The summed E-state index contributed by atoms with van der Waals surface area (Å²) in [5, 5.41) is 10.2. The summed E-state index contributed by atoms with van der Waals surface area (Å²) in [7, 11) is 0. The Bertz CT molecular complexity index is 558. The van der Waals surface area contributed by atoms with Gasteiger partial charge in [-0.15, -0.1) is 11.3 Å². The molecule has 5 heteroatoms. The van der Waals surface area contributed by atoms with Gasteiger partial charge in [-0.25, -0.2) is 0 Å². The van der Waals surface area contributed by atoms with Crippen LogP contribution < -0.4 is 5.32 Å². The number of hydrogen-bond donors (Lipinski definition) is 1. The molecule has 0 aromatic carbocycles. The van der Waals surface area contributed by atoms with Crippen molar-refractivity contribution in [1.29, 1.82) is 0 Å². The molecule has 0 aliphatic rings. The normalized spacial score (nSPS) is 12.1. The summed E-state index contributed by atoms with van der Waals surface area (Å²) in [4.78, 5) is 1.42. The third-order valence-corrected chi connectivity index (χ3v) is 5.77. The maximum Gasteiger partial charge on any atom is 0.0739 e. The van der Waals surface area contributed by atoms with E-state index in [9.17, 15) is 0 Å². The number of thiophene rings is 1. The molecule has 20 heavy (non-hydrogen) atoms. The summed E-state index contributed by atoms with van der Waals surface area (Å²) in [6, 6.07) is 4.33. The monoisotopic (exact) mass is 355 g/mol. The second kappa shape index (κ2) is 6.41. The lowest BCUT2D eigenvalue weighted by Crippen LogP contribution is -2.32. The number of hydrogen-bond acceptors (Lipinski definition) is 3. The van der Waals surface area contributed by atoms with E-state index in [-0.39, 0.29) is 5.41 Å². The molecular weight excluding hydrogens is 334 g/mol. The number of halogens is 1. The van der Waals surface area contributed by atoms with Crippen molar-refractivity contribution in [2.75, 3.05) is 6.54 Å². The van der Waals surface area contributed by atoms with Crippen molar-refractivity contribution in [3.63, 3.8) is 0 Å². The zero-order valence-electron chi connectivity index (χ0n) is 12.5. The van der Waals surface area contributed by atoms with Crippen LogP contribution in [0.2, 0.25) is 0 Å². The van der Waals surface area contributed by atoms with Crippen LogP contribution in [0, 0.1) is 6.92 Å². The molecule has 0 bridgehead atoms. The fraction of sp³-hybridized carbons (Fsp3) is 0.533. The van der Waals surface area contributed by atoms with Gasteiger partial charge in [0.15, 0.2) is 0 Å². The molecule has 3 nitrogen and oxygen atoms in total. The molecule has 0 radical (unpaired) electrons. The fourth-order valence-corrected chi connectivity index (χ4v) is 3.56. The number of aromatic nitrogens is 2. The van der Waals surface area contributed by atoms with Crippen molar-refractivity contribution >= 4 is 27.3 Å². The van der Waals surface area contributed by atoms with Gasteiger partial charge < -0.3 is 5.32 Å². The Morgan fingerprint density at radius 1 is 1.45 bits per heavy atom. The second-order valence-electron chi connectivity index (χ2n) is 5.63. The molecule has 2 aromatic rings. The van der Waals surface area contributed by atoms with Crippen molar-refractivity contribution < 1.29 is 0 Å². The minimum Gasteiger partial charge on any atom is -0.310 e. The molecule has 0 aliphatic carbocycles. The van der Waals surface area contributed by atoms with Gasteiger partial charge in [-0.1, -0.05) is 19.9 Å². The lowest BCUT2D eigenvalue weighted by Gasteiger charge is -2.24.